The largest absolute Gasteiger partial charge is 0.477 e. The number of hydrogen-bond acceptors (Lipinski definition) is 4. The minimum Gasteiger partial charge on any atom is -0.477 e. The average Bonchev–Trinajstić information content (AvgIpc) is 3.01. The number of alkyl halides is 3. The van der Waals surface area contributed by atoms with E-state index in [0.717, 1.165) is 6.07 Å². The maximum Gasteiger partial charge on any atom is 0.417 e. The molecule has 0 radical (unpaired) electrons. The van der Waals surface area contributed by atoms with E-state index in [2.05, 4.69) is 4.98 Å². The van der Waals surface area contributed by atoms with Crippen LogP contribution >= 0.6 is 11.6 Å². The minimum atomic E-state index is -4.58. The first kappa shape index (κ1) is 22.7. The molecule has 0 unspecified atom stereocenters. The molecular weight excluding hydrogens is 439 g/mol. The van der Waals surface area contributed by atoms with E-state index in [-0.39, 0.29) is 48.7 Å². The van der Waals surface area contributed by atoms with Gasteiger partial charge in [-0.15, -0.1) is 0 Å². The molecule has 2 N–H and O–H groups in total. The summed E-state index contributed by atoms with van der Waals surface area (Å²) in [4.78, 5) is 42.2. The maximum absolute atomic E-state index is 13.1. The summed E-state index contributed by atoms with van der Waals surface area (Å²) < 4.78 is 39.3. The number of Topliss-reactive ketones (excluding diaryl/α,β-unsaturated/α-hetero) is 1. The lowest BCUT2D eigenvalue weighted by atomic mass is 10.0. The highest BCUT2D eigenvalue weighted by Gasteiger charge is 2.35. The van der Waals surface area contributed by atoms with Crippen molar-refractivity contribution in [1.82, 2.24) is 9.88 Å². The smallest absolute Gasteiger partial charge is 0.417 e. The van der Waals surface area contributed by atoms with Crippen LogP contribution in [0.5, 0.6) is 0 Å². The van der Waals surface area contributed by atoms with Crippen LogP contribution in [0.2, 0.25) is 5.02 Å². The van der Waals surface area contributed by atoms with Gasteiger partial charge in [-0.1, -0.05) is 11.6 Å². The van der Waals surface area contributed by atoms with Gasteiger partial charge in [0, 0.05) is 37.6 Å². The standard InChI is InChI=1S/C20H19ClF3N3O4/c1-10-15(11(2)25-16(10)19(30)31)17(28)18(29)27-7-5-26(6-8-27)12-3-4-14(21)13(9-12)20(22,23)24/h3-4,9,25H,5-8H2,1-2H3,(H,30,31). The molecule has 0 spiro atoms. The van der Waals surface area contributed by atoms with Crippen molar-refractivity contribution in [3.05, 3.63) is 51.3 Å². The highest BCUT2D eigenvalue weighted by molar-refractivity contribution is 6.43. The van der Waals surface area contributed by atoms with Crippen LogP contribution in [-0.4, -0.2) is 58.8 Å². The molecule has 166 valence electrons. The van der Waals surface area contributed by atoms with Crippen molar-refractivity contribution < 1.29 is 32.7 Å². The summed E-state index contributed by atoms with van der Waals surface area (Å²) in [5.41, 5.74) is -0.277. The number of carboxylic acids is 1. The van der Waals surface area contributed by atoms with Gasteiger partial charge in [0.25, 0.3) is 11.7 Å². The molecule has 0 bridgehead atoms. The van der Waals surface area contributed by atoms with Gasteiger partial charge in [-0.3, -0.25) is 9.59 Å². The molecule has 0 saturated carbocycles. The number of carbonyl (C=O) groups is 3. The Labute approximate surface area is 180 Å². The van der Waals surface area contributed by atoms with Crippen LogP contribution in [0.1, 0.15) is 37.7 Å². The van der Waals surface area contributed by atoms with E-state index in [1.165, 1.54) is 30.9 Å². The van der Waals surface area contributed by atoms with Gasteiger partial charge in [-0.2, -0.15) is 13.2 Å². The van der Waals surface area contributed by atoms with Crippen LogP contribution in [0.3, 0.4) is 0 Å². The highest BCUT2D eigenvalue weighted by Crippen LogP contribution is 2.37. The van der Waals surface area contributed by atoms with Crippen LogP contribution in [-0.2, 0) is 11.0 Å². The number of H-pyrrole nitrogens is 1. The lowest BCUT2D eigenvalue weighted by Gasteiger charge is -2.36. The number of aryl methyl sites for hydroxylation is 1. The molecule has 1 aliphatic rings. The van der Waals surface area contributed by atoms with Crippen molar-refractivity contribution >= 4 is 34.9 Å². The molecule has 1 aromatic carbocycles. The molecule has 31 heavy (non-hydrogen) atoms. The predicted octanol–water partition coefficient (Wildman–Crippen LogP) is 3.53. The van der Waals surface area contributed by atoms with E-state index in [9.17, 15) is 32.7 Å². The monoisotopic (exact) mass is 457 g/mol. The summed E-state index contributed by atoms with van der Waals surface area (Å²) in [5.74, 6) is -2.84. The molecule has 1 amide bonds. The zero-order chi connectivity index (χ0) is 23.1. The number of rotatable bonds is 4. The van der Waals surface area contributed by atoms with Gasteiger partial charge in [0.1, 0.15) is 5.69 Å². The summed E-state index contributed by atoms with van der Waals surface area (Å²) >= 11 is 5.66. The highest BCUT2D eigenvalue weighted by atomic mass is 35.5. The fraction of sp³-hybridized carbons (Fsp3) is 0.350. The van der Waals surface area contributed by atoms with Crippen LogP contribution in [0.15, 0.2) is 18.2 Å². The number of carboxylic acid groups (broad SMARTS) is 1. The molecule has 7 nitrogen and oxygen atoms in total. The molecule has 3 rings (SSSR count). The number of piperazine rings is 1. The molecule has 0 aliphatic carbocycles. The predicted molar refractivity (Wildman–Crippen MR) is 107 cm³/mol. The quantitative estimate of drug-likeness (QED) is 0.541. The number of ketones is 1. The van der Waals surface area contributed by atoms with Crippen molar-refractivity contribution in [1.29, 1.82) is 0 Å². The topological polar surface area (TPSA) is 93.7 Å². The Kier molecular flexibility index (Phi) is 6.04. The molecule has 2 aromatic rings. The maximum atomic E-state index is 13.1. The molecule has 2 heterocycles. The van der Waals surface area contributed by atoms with Gasteiger partial charge in [-0.25, -0.2) is 4.79 Å². The Morgan fingerprint density at radius 3 is 2.23 bits per heavy atom. The third kappa shape index (κ3) is 4.39. The van der Waals surface area contributed by atoms with E-state index in [4.69, 9.17) is 11.6 Å². The zero-order valence-electron chi connectivity index (χ0n) is 16.6. The Hall–Kier alpha value is -3.01. The number of aromatic amines is 1. The summed E-state index contributed by atoms with van der Waals surface area (Å²) in [6.45, 7) is 3.67. The van der Waals surface area contributed by atoms with Crippen molar-refractivity contribution in [2.45, 2.75) is 20.0 Å². The first-order chi connectivity index (χ1) is 14.4. The summed E-state index contributed by atoms with van der Waals surface area (Å²) in [7, 11) is 0. The minimum absolute atomic E-state index is 0.0253. The van der Waals surface area contributed by atoms with Crippen LogP contribution < -0.4 is 4.90 Å². The van der Waals surface area contributed by atoms with Gasteiger partial charge in [0.05, 0.1) is 16.1 Å². The molecule has 0 atom stereocenters. The molecular formula is C20H19ClF3N3O4. The normalized spacial score (nSPS) is 14.6. The van der Waals surface area contributed by atoms with E-state index in [0.29, 0.717) is 5.69 Å². The number of nitrogens with zero attached hydrogens (tertiary/aromatic N) is 2. The van der Waals surface area contributed by atoms with Crippen molar-refractivity contribution in [3.8, 4) is 0 Å². The Bertz CT molecular complexity index is 1060. The lowest BCUT2D eigenvalue weighted by molar-refractivity contribution is -0.137. The fourth-order valence-corrected chi connectivity index (χ4v) is 3.87. The van der Waals surface area contributed by atoms with Crippen molar-refractivity contribution in [2.24, 2.45) is 0 Å². The number of halogens is 4. The summed E-state index contributed by atoms with van der Waals surface area (Å²) in [6, 6.07) is 3.61. The van der Waals surface area contributed by atoms with Gasteiger partial charge < -0.3 is 19.9 Å². The van der Waals surface area contributed by atoms with E-state index >= 15 is 0 Å². The number of anilines is 1. The number of benzene rings is 1. The SMILES string of the molecule is Cc1[nH]c(C(=O)O)c(C)c1C(=O)C(=O)N1CCN(c2ccc(Cl)c(C(F)(F)F)c2)CC1. The van der Waals surface area contributed by atoms with E-state index < -0.39 is 34.4 Å². The third-order valence-corrected chi connectivity index (χ3v) is 5.59. The first-order valence-electron chi connectivity index (χ1n) is 9.29. The number of nitrogens with one attached hydrogen (secondary N) is 1. The van der Waals surface area contributed by atoms with Gasteiger partial charge in [-0.05, 0) is 37.6 Å². The second-order valence-electron chi connectivity index (χ2n) is 7.20. The van der Waals surface area contributed by atoms with Gasteiger partial charge >= 0.3 is 12.1 Å². The van der Waals surface area contributed by atoms with Crippen LogP contribution in [0.25, 0.3) is 0 Å². The fourth-order valence-electron chi connectivity index (χ4n) is 3.65. The Morgan fingerprint density at radius 1 is 1.10 bits per heavy atom. The average molecular weight is 458 g/mol. The second-order valence-corrected chi connectivity index (χ2v) is 7.61. The summed E-state index contributed by atoms with van der Waals surface area (Å²) in [5, 5.41) is 8.78. The molecule has 11 heteroatoms. The molecule has 1 aliphatic heterocycles. The van der Waals surface area contributed by atoms with Crippen LogP contribution in [0, 0.1) is 13.8 Å². The van der Waals surface area contributed by atoms with E-state index in [1.54, 1.807) is 4.90 Å². The number of hydrogen-bond donors (Lipinski definition) is 2. The zero-order valence-corrected chi connectivity index (χ0v) is 17.4. The Morgan fingerprint density at radius 2 is 1.71 bits per heavy atom. The van der Waals surface area contributed by atoms with Gasteiger partial charge in [0.15, 0.2) is 0 Å². The molecule has 1 fully saturated rings. The third-order valence-electron chi connectivity index (χ3n) is 5.26. The Balaban J connectivity index is 1.72. The lowest BCUT2D eigenvalue weighted by Crippen LogP contribution is -2.50. The van der Waals surface area contributed by atoms with Crippen molar-refractivity contribution in [2.75, 3.05) is 31.1 Å². The second kappa shape index (κ2) is 8.26. The molecule has 1 saturated heterocycles. The number of aromatic carboxylic acids is 1. The number of aromatic nitrogens is 1. The summed E-state index contributed by atoms with van der Waals surface area (Å²) in [6.07, 6.45) is -4.58. The van der Waals surface area contributed by atoms with E-state index in [1.807, 2.05) is 0 Å². The van der Waals surface area contributed by atoms with Crippen LogP contribution in [0.4, 0.5) is 18.9 Å². The van der Waals surface area contributed by atoms with Gasteiger partial charge in [0.2, 0.25) is 0 Å². The number of amides is 1. The van der Waals surface area contributed by atoms with Crippen molar-refractivity contribution in [3.63, 3.8) is 0 Å². The molecule has 1 aromatic heterocycles. The number of carbonyl (C=O) groups excluding carboxylic acids is 2. The first-order valence-corrected chi connectivity index (χ1v) is 9.67.